The molecule has 2 fully saturated rings. The summed E-state index contributed by atoms with van der Waals surface area (Å²) in [4.78, 5) is 40.3. The zero-order chi connectivity index (χ0) is 31.9. The first-order chi connectivity index (χ1) is 21.7. The number of nitro groups is 1. The minimum Gasteiger partial charge on any atom is -0.465 e. The van der Waals surface area contributed by atoms with Crippen LogP contribution in [0.25, 0.3) is 0 Å². The van der Waals surface area contributed by atoms with Gasteiger partial charge in [-0.05, 0) is 54.7 Å². The van der Waals surface area contributed by atoms with E-state index in [1.165, 1.54) is 25.3 Å². The summed E-state index contributed by atoms with van der Waals surface area (Å²) in [6, 6.07) is 15.9. The average molecular weight is 654 g/mol. The Morgan fingerprint density at radius 2 is 1.89 bits per heavy atom. The molecule has 3 N–H and O–H groups in total. The number of halogens is 2. The molecule has 2 aliphatic heterocycles. The van der Waals surface area contributed by atoms with Crippen LogP contribution in [0.2, 0.25) is 10.0 Å². The van der Waals surface area contributed by atoms with E-state index in [1.807, 2.05) is 24.3 Å². The van der Waals surface area contributed by atoms with Gasteiger partial charge < -0.3 is 20.5 Å². The van der Waals surface area contributed by atoms with Crippen LogP contribution in [0.4, 0.5) is 11.4 Å². The Hall–Kier alpha value is -3.54. The summed E-state index contributed by atoms with van der Waals surface area (Å²) >= 11 is 12.9. The number of benzene rings is 3. The molecule has 10 nitrogen and oxygen atoms in total. The number of nitro benzene ring substituents is 1. The smallest absolute Gasteiger partial charge is 0.338 e. The molecule has 3 aliphatic rings. The molecular formula is C33H34Cl2N4O6. The Kier molecular flexibility index (Phi) is 8.87. The van der Waals surface area contributed by atoms with Crippen LogP contribution >= 0.6 is 23.2 Å². The molecule has 6 rings (SSSR count). The van der Waals surface area contributed by atoms with Crippen LogP contribution in [0.3, 0.4) is 0 Å². The second-order valence-electron chi connectivity index (χ2n) is 12.0. The normalized spacial score (nSPS) is 24.6. The highest BCUT2D eigenvalue weighted by molar-refractivity contribution is 6.31. The maximum Gasteiger partial charge on any atom is 0.338 e. The minimum atomic E-state index is -1.22. The summed E-state index contributed by atoms with van der Waals surface area (Å²) < 4.78 is 4.75. The number of hydrogen-bond donors (Lipinski definition) is 3. The highest BCUT2D eigenvalue weighted by Gasteiger charge is 2.66. The van der Waals surface area contributed by atoms with E-state index in [9.17, 15) is 24.8 Å². The predicted octanol–water partition coefficient (Wildman–Crippen LogP) is 5.64. The first-order valence-electron chi connectivity index (χ1n) is 15.0. The van der Waals surface area contributed by atoms with Gasteiger partial charge in [-0.2, -0.15) is 0 Å². The monoisotopic (exact) mass is 652 g/mol. The highest BCUT2D eigenvalue weighted by atomic mass is 35.5. The van der Waals surface area contributed by atoms with Gasteiger partial charge in [-0.1, -0.05) is 60.3 Å². The summed E-state index contributed by atoms with van der Waals surface area (Å²) in [6.45, 7) is 0.366. The van der Waals surface area contributed by atoms with Gasteiger partial charge in [0.2, 0.25) is 5.91 Å². The SMILES string of the molecule is COC(=O)c1ccc(CN[C@@H]2[C@H](CO)N(CC3CCCC3)[C@@]3(C(=O)Nc4cc(Cl)ccc43)[C@H]2c2cccc(Cl)c2)c([N+](=O)[O-])c1. The van der Waals surface area contributed by atoms with E-state index < -0.39 is 34.4 Å². The number of carbonyl (C=O) groups is 2. The van der Waals surface area contributed by atoms with E-state index in [-0.39, 0.29) is 30.3 Å². The van der Waals surface area contributed by atoms with Gasteiger partial charge in [-0.25, -0.2) is 4.79 Å². The van der Waals surface area contributed by atoms with Gasteiger partial charge in [0.15, 0.2) is 0 Å². The molecule has 12 heteroatoms. The lowest BCUT2D eigenvalue weighted by Gasteiger charge is -2.40. The number of rotatable bonds is 9. The Bertz CT molecular complexity index is 1650. The maximum atomic E-state index is 14.5. The number of aliphatic hydroxyl groups is 1. The Balaban J connectivity index is 1.50. The van der Waals surface area contributed by atoms with Gasteiger partial charge in [0.05, 0.1) is 30.2 Å². The van der Waals surface area contributed by atoms with Crippen LogP contribution in [-0.2, 0) is 21.6 Å². The first kappa shape index (κ1) is 31.4. The van der Waals surface area contributed by atoms with Crippen molar-refractivity contribution in [2.24, 2.45) is 5.92 Å². The van der Waals surface area contributed by atoms with Crippen molar-refractivity contribution < 1.29 is 24.4 Å². The molecule has 0 aromatic heterocycles. The molecule has 0 radical (unpaired) electrons. The topological polar surface area (TPSA) is 134 Å². The molecule has 1 amide bonds. The van der Waals surface area contributed by atoms with Crippen LogP contribution in [0.1, 0.15) is 58.6 Å². The van der Waals surface area contributed by atoms with Crippen LogP contribution < -0.4 is 10.6 Å². The zero-order valence-corrected chi connectivity index (χ0v) is 26.2. The molecule has 1 spiro atoms. The Morgan fingerprint density at radius 3 is 2.58 bits per heavy atom. The van der Waals surface area contributed by atoms with Gasteiger partial charge in [-0.15, -0.1) is 0 Å². The third kappa shape index (κ3) is 5.48. The number of hydrogen-bond acceptors (Lipinski definition) is 8. The number of ether oxygens (including phenoxy) is 1. The number of amides is 1. The number of esters is 1. The van der Waals surface area contributed by atoms with Gasteiger partial charge in [-0.3, -0.25) is 19.8 Å². The molecule has 0 unspecified atom stereocenters. The molecule has 45 heavy (non-hydrogen) atoms. The summed E-state index contributed by atoms with van der Waals surface area (Å²) in [5, 5.41) is 30.7. The van der Waals surface area contributed by atoms with Crippen LogP contribution in [-0.4, -0.2) is 59.2 Å². The lowest BCUT2D eigenvalue weighted by Crippen LogP contribution is -2.54. The van der Waals surface area contributed by atoms with Crippen molar-refractivity contribution >= 4 is 46.5 Å². The average Bonchev–Trinajstić information content (AvgIpc) is 3.71. The molecule has 3 aromatic rings. The highest BCUT2D eigenvalue weighted by Crippen LogP contribution is 2.58. The third-order valence-corrected chi connectivity index (χ3v) is 10.1. The fourth-order valence-corrected chi connectivity index (χ4v) is 8.09. The number of carbonyl (C=O) groups excluding carboxylic acids is 2. The third-order valence-electron chi connectivity index (χ3n) is 9.62. The van der Waals surface area contributed by atoms with Crippen molar-refractivity contribution in [3.05, 3.63) is 103 Å². The largest absolute Gasteiger partial charge is 0.465 e. The molecule has 4 atom stereocenters. The van der Waals surface area contributed by atoms with Crippen molar-refractivity contribution in [2.45, 2.75) is 55.8 Å². The fraction of sp³-hybridized carbons (Fsp3) is 0.394. The van der Waals surface area contributed by atoms with Gasteiger partial charge >= 0.3 is 5.97 Å². The molecule has 3 aromatic carbocycles. The molecule has 1 saturated carbocycles. The molecule has 1 saturated heterocycles. The van der Waals surface area contributed by atoms with Crippen LogP contribution in [0.15, 0.2) is 60.7 Å². The van der Waals surface area contributed by atoms with Crippen LogP contribution in [0.5, 0.6) is 0 Å². The fourth-order valence-electron chi connectivity index (χ4n) is 7.72. The maximum absolute atomic E-state index is 14.5. The van der Waals surface area contributed by atoms with Crippen molar-refractivity contribution in [1.29, 1.82) is 0 Å². The lowest BCUT2D eigenvalue weighted by atomic mass is 9.73. The molecule has 2 heterocycles. The Morgan fingerprint density at radius 1 is 1.13 bits per heavy atom. The van der Waals surface area contributed by atoms with Crippen molar-refractivity contribution in [1.82, 2.24) is 10.2 Å². The predicted molar refractivity (Wildman–Crippen MR) is 171 cm³/mol. The van der Waals surface area contributed by atoms with E-state index in [0.717, 1.165) is 36.8 Å². The number of fused-ring (bicyclic) bond motifs is 2. The number of methoxy groups -OCH3 is 1. The molecular weight excluding hydrogens is 619 g/mol. The van der Waals surface area contributed by atoms with E-state index in [0.29, 0.717) is 33.8 Å². The number of nitrogens with zero attached hydrogens (tertiary/aromatic N) is 2. The standard InChI is InChI=1S/C33H34Cl2N4O6/c1-45-31(41)21-9-10-22(27(14-21)39(43)44)16-36-30-28(18-40)38(17-19-5-2-3-6-19)33(29(30)20-7-4-8-23(34)13-20)25-12-11-24(35)15-26(25)37-32(33)42/h4,7-15,19,28-30,36,40H,2-3,5-6,16-18H2,1H3,(H,37,42)/t28-,29-,30+,33+/m0/s1. The molecule has 236 valence electrons. The second kappa shape index (κ2) is 12.7. The molecule has 0 bridgehead atoms. The van der Waals surface area contributed by atoms with E-state index in [4.69, 9.17) is 27.9 Å². The van der Waals surface area contributed by atoms with E-state index >= 15 is 0 Å². The minimum absolute atomic E-state index is 0.0401. The summed E-state index contributed by atoms with van der Waals surface area (Å²) in [6.07, 6.45) is 4.27. The zero-order valence-electron chi connectivity index (χ0n) is 24.7. The quantitative estimate of drug-likeness (QED) is 0.154. The van der Waals surface area contributed by atoms with Gasteiger partial charge in [0.1, 0.15) is 5.54 Å². The van der Waals surface area contributed by atoms with E-state index in [2.05, 4.69) is 15.5 Å². The summed E-state index contributed by atoms with van der Waals surface area (Å²) in [7, 11) is 1.22. The Labute approximate surface area is 270 Å². The number of nitrogens with one attached hydrogen (secondary N) is 2. The van der Waals surface area contributed by atoms with Crippen molar-refractivity contribution in [3.8, 4) is 0 Å². The van der Waals surface area contributed by atoms with Crippen molar-refractivity contribution in [2.75, 3.05) is 25.6 Å². The lowest BCUT2D eigenvalue weighted by molar-refractivity contribution is -0.385. The summed E-state index contributed by atoms with van der Waals surface area (Å²) in [5.41, 5.74) is 1.12. The summed E-state index contributed by atoms with van der Waals surface area (Å²) in [5.74, 6) is -1.11. The van der Waals surface area contributed by atoms with Crippen molar-refractivity contribution in [3.63, 3.8) is 0 Å². The number of anilines is 1. The first-order valence-corrected chi connectivity index (χ1v) is 15.8. The van der Waals surface area contributed by atoms with Gasteiger partial charge in [0, 0.05) is 58.0 Å². The molecule has 1 aliphatic carbocycles. The number of aliphatic hydroxyl groups excluding tert-OH is 1. The van der Waals surface area contributed by atoms with Gasteiger partial charge in [0.25, 0.3) is 5.69 Å². The van der Waals surface area contributed by atoms with E-state index in [1.54, 1.807) is 18.2 Å². The number of likely N-dealkylation sites (tertiary alicyclic amines) is 1. The second-order valence-corrected chi connectivity index (χ2v) is 12.9. The van der Waals surface area contributed by atoms with Crippen LogP contribution in [0, 0.1) is 16.0 Å².